The van der Waals surface area contributed by atoms with Crippen LogP contribution in [0.15, 0.2) is 70.4 Å². The van der Waals surface area contributed by atoms with Crippen LogP contribution in [-0.4, -0.2) is 23.9 Å². The maximum Gasteiger partial charge on any atom is 0.207 e. The number of benzene rings is 2. The van der Waals surface area contributed by atoms with Crippen LogP contribution in [0.2, 0.25) is 0 Å². The second kappa shape index (κ2) is 10.0. The quantitative estimate of drug-likeness (QED) is 0.337. The number of phenolic OH excluding ortho intramolecular Hbond substituents is 1. The van der Waals surface area contributed by atoms with Gasteiger partial charge in [0.15, 0.2) is 0 Å². The lowest BCUT2D eigenvalue weighted by atomic mass is 9.85. The van der Waals surface area contributed by atoms with Gasteiger partial charge in [-0.25, -0.2) is 8.42 Å². The van der Waals surface area contributed by atoms with Crippen LogP contribution in [0.25, 0.3) is 5.57 Å². The molecule has 2 aromatic rings. The molecule has 6 nitrogen and oxygen atoms in total. The van der Waals surface area contributed by atoms with Crippen LogP contribution >= 0.6 is 63.7 Å². The molecule has 0 aliphatic heterocycles. The Bertz CT molecular complexity index is 1340. The molecule has 2 aromatic carbocycles. The zero-order valence-corrected chi connectivity index (χ0v) is 24.1. The van der Waals surface area contributed by atoms with Crippen molar-refractivity contribution in [3.63, 3.8) is 0 Å². The van der Waals surface area contributed by atoms with Crippen molar-refractivity contribution in [2.45, 2.75) is 18.7 Å². The first-order valence-electron chi connectivity index (χ1n) is 8.62. The predicted molar refractivity (Wildman–Crippen MR) is 138 cm³/mol. The van der Waals surface area contributed by atoms with Crippen LogP contribution in [0.5, 0.6) is 5.75 Å². The number of halogens is 4. The molecule has 0 unspecified atom stereocenters. The van der Waals surface area contributed by atoms with Crippen molar-refractivity contribution >= 4 is 85.2 Å². The van der Waals surface area contributed by atoms with E-state index >= 15 is 0 Å². The molecule has 0 saturated carbocycles. The summed E-state index contributed by atoms with van der Waals surface area (Å²) in [6.07, 6.45) is 1.60. The van der Waals surface area contributed by atoms with Crippen molar-refractivity contribution in [3.05, 3.63) is 82.2 Å². The zero-order valence-electron chi connectivity index (χ0n) is 17.0. The Hall–Kier alpha value is -1.08. The maximum absolute atomic E-state index is 12.4. The lowest BCUT2D eigenvalue weighted by molar-refractivity contribution is -0.111. The average Bonchev–Trinajstić information content (AvgIpc) is 2.72. The predicted octanol–water partition coefficient (Wildman–Crippen LogP) is 6.84. The molecule has 0 spiro atoms. The summed E-state index contributed by atoms with van der Waals surface area (Å²) in [4.78, 5) is 12.0. The van der Waals surface area contributed by atoms with Crippen molar-refractivity contribution < 1.29 is 22.9 Å². The number of hydrogen-bond donors (Lipinski definition) is 2. The van der Waals surface area contributed by atoms with Crippen molar-refractivity contribution in [2.24, 2.45) is 0 Å². The molecule has 0 bridgehead atoms. The van der Waals surface area contributed by atoms with Crippen LogP contribution in [0.4, 0.5) is 0 Å². The molecule has 0 fully saturated rings. The van der Waals surface area contributed by atoms with Crippen LogP contribution in [0.3, 0.4) is 0 Å². The normalized spacial score (nSPS) is 16.0. The van der Waals surface area contributed by atoms with Crippen molar-refractivity contribution in [1.29, 1.82) is 0 Å². The number of rotatable bonds is 3. The molecule has 0 aromatic heterocycles. The molecular weight excluding hydrogens is 698 g/mol. The monoisotopic (exact) mass is 711 g/mol. The molecule has 0 radical (unpaired) electrons. The molecule has 0 saturated heterocycles. The number of Topliss-reactive ketones (excluding diaryl/α,β-unsaturated/α-hetero) is 1. The summed E-state index contributed by atoms with van der Waals surface area (Å²) >= 11 is 13.3. The van der Waals surface area contributed by atoms with E-state index in [1.54, 1.807) is 38.1 Å². The van der Waals surface area contributed by atoms with Gasteiger partial charge >= 0.3 is 0 Å². The summed E-state index contributed by atoms with van der Waals surface area (Å²) in [5.74, 6) is -0.269. The number of ketones is 1. The molecule has 32 heavy (non-hydrogen) atoms. The van der Waals surface area contributed by atoms with E-state index in [2.05, 4.69) is 63.7 Å². The van der Waals surface area contributed by atoms with Crippen LogP contribution in [0.1, 0.15) is 23.6 Å². The zero-order chi connectivity index (χ0) is 23.2. The Morgan fingerprint density at radius 1 is 1.03 bits per heavy atom. The van der Waals surface area contributed by atoms with Gasteiger partial charge in [-0.3, -0.25) is 4.79 Å². The maximum atomic E-state index is 12.4. The third kappa shape index (κ3) is 4.89. The van der Waals surface area contributed by atoms with Gasteiger partial charge in [0.25, 0.3) is 0 Å². The summed E-state index contributed by atoms with van der Waals surface area (Å²) in [6.45, 7) is 3.47. The van der Waals surface area contributed by atoms with E-state index in [9.17, 15) is 22.9 Å². The van der Waals surface area contributed by atoms with E-state index in [0.29, 0.717) is 41.3 Å². The second-order valence-electron chi connectivity index (χ2n) is 6.69. The minimum Gasteiger partial charge on any atom is -0.744 e. The van der Waals surface area contributed by atoms with E-state index in [1.165, 1.54) is 12.1 Å². The number of carbonyl (C=O) groups is 1. The molecule has 0 amide bonds. The van der Waals surface area contributed by atoms with Crippen LogP contribution in [0, 0.1) is 6.92 Å². The molecule has 0 atom stereocenters. The minimum absolute atomic E-state index is 0. The number of phenols is 1. The smallest absolute Gasteiger partial charge is 0.207 e. The Kier molecular flexibility index (Phi) is 8.53. The standard InChI is InChI=1S/C21H14Br4O5S.H3N/c1-9-12(7-14(22)20(26)18(9)24)17(11-5-3-4-6-16(11)31(28,29)30)13-8-15(23)21(27)19(25)10(13)2;/h3-8,26H,1-2H3,(H,28,29,30);1H3. The fraction of sp³-hybridized carbons (Fsp3) is 0.0952. The second-order valence-corrected chi connectivity index (χ2v) is 11.3. The number of carbonyl (C=O) groups excluding carboxylic acids is 1. The van der Waals surface area contributed by atoms with Crippen molar-refractivity contribution in [2.75, 3.05) is 0 Å². The van der Waals surface area contributed by atoms with E-state index in [4.69, 9.17) is 0 Å². The average molecular weight is 715 g/mol. The number of aromatic hydroxyl groups is 1. The van der Waals surface area contributed by atoms with Gasteiger partial charge in [0.05, 0.1) is 22.8 Å². The third-order valence-electron chi connectivity index (χ3n) is 4.82. The Balaban J connectivity index is 0.00000363. The fourth-order valence-corrected chi connectivity index (χ4v) is 6.17. The van der Waals surface area contributed by atoms with E-state index in [0.717, 1.165) is 0 Å². The first kappa shape index (κ1) is 27.2. The first-order valence-corrected chi connectivity index (χ1v) is 13.2. The highest BCUT2D eigenvalue weighted by molar-refractivity contribution is 9.13. The van der Waals surface area contributed by atoms with Gasteiger partial charge in [-0.05, 0) is 124 Å². The highest BCUT2D eigenvalue weighted by atomic mass is 79.9. The highest BCUT2D eigenvalue weighted by Crippen LogP contribution is 2.45. The molecule has 11 heteroatoms. The van der Waals surface area contributed by atoms with Gasteiger partial charge in [-0.2, -0.15) is 0 Å². The molecule has 1 aliphatic carbocycles. The molecule has 5 N–H and O–H groups in total. The van der Waals surface area contributed by atoms with E-state index < -0.39 is 10.1 Å². The van der Waals surface area contributed by atoms with Crippen molar-refractivity contribution in [3.8, 4) is 5.75 Å². The molecule has 1 aliphatic rings. The van der Waals surface area contributed by atoms with Crippen LogP contribution < -0.4 is 6.15 Å². The summed E-state index contributed by atoms with van der Waals surface area (Å²) in [5, 5.41) is 10.3. The number of hydrogen-bond acceptors (Lipinski definition) is 5. The SMILES string of the molecule is CC1=C(Br)C(=O)C(Br)=CC1=C(c1ccccc1S(=O)(=O)[O-])c1cc(Br)c(O)c(Br)c1C.[NH4+]. The first-order chi connectivity index (χ1) is 14.4. The van der Waals surface area contributed by atoms with Gasteiger partial charge in [-0.1, -0.05) is 18.2 Å². The Labute approximate surface area is 219 Å². The lowest BCUT2D eigenvalue weighted by Gasteiger charge is -2.24. The molecule has 3 rings (SSSR count). The van der Waals surface area contributed by atoms with Crippen LogP contribution in [-0.2, 0) is 14.9 Å². The fourth-order valence-electron chi connectivity index (χ4n) is 3.24. The molecule has 170 valence electrons. The number of quaternary nitrogens is 1. The Morgan fingerprint density at radius 2 is 1.62 bits per heavy atom. The lowest BCUT2D eigenvalue weighted by Crippen LogP contribution is -2.11. The molecule has 0 heterocycles. The summed E-state index contributed by atoms with van der Waals surface area (Å²) in [6, 6.07) is 7.54. The van der Waals surface area contributed by atoms with E-state index in [1.807, 2.05) is 0 Å². The van der Waals surface area contributed by atoms with Gasteiger partial charge < -0.3 is 15.8 Å². The van der Waals surface area contributed by atoms with Gasteiger partial charge in [0, 0.05) is 5.56 Å². The Morgan fingerprint density at radius 3 is 2.22 bits per heavy atom. The summed E-state index contributed by atoms with van der Waals surface area (Å²) in [7, 11) is -4.81. The van der Waals surface area contributed by atoms with Crippen molar-refractivity contribution in [1.82, 2.24) is 6.15 Å². The minimum atomic E-state index is -4.81. The third-order valence-corrected chi connectivity index (χ3v) is 8.84. The highest BCUT2D eigenvalue weighted by Gasteiger charge is 2.27. The summed E-state index contributed by atoms with van der Waals surface area (Å²) < 4.78 is 37.6. The molecular formula is C21H17Br4NO5S. The van der Waals surface area contributed by atoms with Gasteiger partial charge in [-0.15, -0.1) is 0 Å². The topological polar surface area (TPSA) is 131 Å². The summed E-state index contributed by atoms with van der Waals surface area (Å²) in [5.41, 5.74) is 2.90. The van der Waals surface area contributed by atoms with Gasteiger partial charge in [0.1, 0.15) is 15.9 Å². The van der Waals surface area contributed by atoms with Gasteiger partial charge in [0.2, 0.25) is 5.78 Å². The largest absolute Gasteiger partial charge is 0.744 e. The van der Waals surface area contributed by atoms with E-state index in [-0.39, 0.29) is 32.6 Å². The number of allylic oxidation sites excluding steroid dienone is 5.